The van der Waals surface area contributed by atoms with Crippen LogP contribution in [0.2, 0.25) is 0 Å². The van der Waals surface area contributed by atoms with Crippen molar-refractivity contribution in [1.29, 1.82) is 0 Å². The van der Waals surface area contributed by atoms with Crippen molar-refractivity contribution < 1.29 is 0 Å². The lowest BCUT2D eigenvalue weighted by molar-refractivity contribution is 0.196. The Labute approximate surface area is 115 Å². The molecule has 108 valence electrons. The highest BCUT2D eigenvalue weighted by Gasteiger charge is 2.14. The Morgan fingerprint density at radius 2 is 1.83 bits per heavy atom. The van der Waals surface area contributed by atoms with Gasteiger partial charge in [-0.25, -0.2) is 0 Å². The first-order chi connectivity index (χ1) is 8.77. The molecular formula is C16H34N2. The molecule has 1 saturated carbocycles. The van der Waals surface area contributed by atoms with Crippen molar-refractivity contribution in [3.63, 3.8) is 0 Å². The molecule has 1 N–H and O–H groups in total. The molecule has 1 unspecified atom stereocenters. The van der Waals surface area contributed by atoms with Crippen molar-refractivity contribution in [2.24, 2.45) is 0 Å². The first kappa shape index (κ1) is 16.0. The van der Waals surface area contributed by atoms with Crippen LogP contribution in [0.25, 0.3) is 0 Å². The van der Waals surface area contributed by atoms with Crippen LogP contribution < -0.4 is 5.32 Å². The van der Waals surface area contributed by atoms with E-state index in [4.69, 9.17) is 0 Å². The molecule has 2 heteroatoms. The molecule has 0 aliphatic heterocycles. The molecule has 1 aliphatic carbocycles. The second kappa shape index (κ2) is 9.80. The van der Waals surface area contributed by atoms with Gasteiger partial charge in [-0.05, 0) is 39.2 Å². The fourth-order valence-corrected chi connectivity index (χ4v) is 2.89. The molecule has 0 saturated heterocycles. The number of hydrogen-bond donors (Lipinski definition) is 1. The van der Waals surface area contributed by atoms with Crippen LogP contribution in [-0.2, 0) is 0 Å². The summed E-state index contributed by atoms with van der Waals surface area (Å²) in [6.45, 7) is 10.6. The van der Waals surface area contributed by atoms with E-state index in [-0.39, 0.29) is 0 Å². The SMILES string of the molecule is CCCCN(CCNC1CCCCC1)C(C)CC. The summed E-state index contributed by atoms with van der Waals surface area (Å²) in [7, 11) is 0. The minimum Gasteiger partial charge on any atom is -0.313 e. The molecule has 0 radical (unpaired) electrons. The third-order valence-electron chi connectivity index (χ3n) is 4.45. The molecule has 1 aliphatic rings. The zero-order chi connectivity index (χ0) is 13.2. The number of rotatable bonds is 9. The fraction of sp³-hybridized carbons (Fsp3) is 1.00. The second-order valence-electron chi connectivity index (χ2n) is 5.94. The maximum Gasteiger partial charge on any atom is 0.0110 e. The minimum absolute atomic E-state index is 0.740. The number of hydrogen-bond acceptors (Lipinski definition) is 2. The lowest BCUT2D eigenvalue weighted by atomic mass is 9.95. The summed E-state index contributed by atoms with van der Waals surface area (Å²) < 4.78 is 0. The van der Waals surface area contributed by atoms with E-state index in [1.165, 1.54) is 71.0 Å². The average Bonchev–Trinajstić information content (AvgIpc) is 2.43. The summed E-state index contributed by atoms with van der Waals surface area (Å²) >= 11 is 0. The Kier molecular flexibility index (Phi) is 8.70. The molecule has 0 aromatic heterocycles. The second-order valence-corrected chi connectivity index (χ2v) is 5.94. The maximum atomic E-state index is 3.77. The highest BCUT2D eigenvalue weighted by molar-refractivity contribution is 4.73. The molecule has 1 atom stereocenters. The Morgan fingerprint density at radius 3 is 2.44 bits per heavy atom. The number of unbranched alkanes of at least 4 members (excludes halogenated alkanes) is 1. The molecule has 0 heterocycles. The fourth-order valence-electron chi connectivity index (χ4n) is 2.89. The van der Waals surface area contributed by atoms with E-state index in [1.54, 1.807) is 0 Å². The average molecular weight is 254 g/mol. The Hall–Kier alpha value is -0.0800. The summed E-state index contributed by atoms with van der Waals surface area (Å²) in [5.74, 6) is 0. The highest BCUT2D eigenvalue weighted by atomic mass is 15.2. The van der Waals surface area contributed by atoms with Gasteiger partial charge >= 0.3 is 0 Å². The van der Waals surface area contributed by atoms with Crippen LogP contribution in [-0.4, -0.2) is 36.6 Å². The van der Waals surface area contributed by atoms with Gasteiger partial charge in [-0.2, -0.15) is 0 Å². The van der Waals surface area contributed by atoms with Gasteiger partial charge in [0.2, 0.25) is 0 Å². The van der Waals surface area contributed by atoms with Crippen LogP contribution in [0.5, 0.6) is 0 Å². The standard InChI is InChI=1S/C16H34N2/c1-4-6-13-18(15(3)5-2)14-12-17-16-10-8-7-9-11-16/h15-17H,4-14H2,1-3H3. The van der Waals surface area contributed by atoms with Crippen LogP contribution in [0.4, 0.5) is 0 Å². The Morgan fingerprint density at radius 1 is 1.11 bits per heavy atom. The number of nitrogens with one attached hydrogen (secondary N) is 1. The smallest absolute Gasteiger partial charge is 0.0110 e. The van der Waals surface area contributed by atoms with E-state index in [1.807, 2.05) is 0 Å². The van der Waals surface area contributed by atoms with E-state index in [0.717, 1.165) is 12.1 Å². The van der Waals surface area contributed by atoms with Gasteiger partial charge < -0.3 is 5.32 Å². The zero-order valence-electron chi connectivity index (χ0n) is 12.9. The molecule has 0 bridgehead atoms. The Balaban J connectivity index is 2.18. The summed E-state index contributed by atoms with van der Waals surface area (Å²) in [5.41, 5.74) is 0. The molecule has 1 fully saturated rings. The van der Waals surface area contributed by atoms with Gasteiger partial charge in [-0.15, -0.1) is 0 Å². The summed E-state index contributed by atoms with van der Waals surface area (Å²) in [6, 6.07) is 1.55. The van der Waals surface area contributed by atoms with Crippen molar-refractivity contribution in [2.75, 3.05) is 19.6 Å². The van der Waals surface area contributed by atoms with Gasteiger partial charge in [0.05, 0.1) is 0 Å². The molecule has 2 nitrogen and oxygen atoms in total. The normalized spacial score (nSPS) is 19.3. The van der Waals surface area contributed by atoms with E-state index < -0.39 is 0 Å². The Bertz CT molecular complexity index is 188. The predicted molar refractivity (Wildman–Crippen MR) is 81.1 cm³/mol. The zero-order valence-corrected chi connectivity index (χ0v) is 12.9. The minimum atomic E-state index is 0.740. The van der Waals surface area contributed by atoms with Gasteiger partial charge in [0.15, 0.2) is 0 Å². The topological polar surface area (TPSA) is 15.3 Å². The van der Waals surface area contributed by atoms with E-state index >= 15 is 0 Å². The van der Waals surface area contributed by atoms with Gasteiger partial charge in [0.25, 0.3) is 0 Å². The third-order valence-corrected chi connectivity index (χ3v) is 4.45. The van der Waals surface area contributed by atoms with Crippen LogP contribution in [0.1, 0.15) is 72.1 Å². The van der Waals surface area contributed by atoms with Crippen molar-refractivity contribution in [3.05, 3.63) is 0 Å². The molecule has 1 rings (SSSR count). The molecule has 0 spiro atoms. The van der Waals surface area contributed by atoms with Crippen LogP contribution in [0.15, 0.2) is 0 Å². The van der Waals surface area contributed by atoms with Gasteiger partial charge in [0, 0.05) is 25.2 Å². The monoisotopic (exact) mass is 254 g/mol. The molecule has 0 aromatic rings. The molecule has 18 heavy (non-hydrogen) atoms. The molecule has 0 aromatic carbocycles. The third kappa shape index (κ3) is 6.19. The van der Waals surface area contributed by atoms with Gasteiger partial charge in [0.1, 0.15) is 0 Å². The largest absolute Gasteiger partial charge is 0.313 e. The van der Waals surface area contributed by atoms with Crippen molar-refractivity contribution in [2.45, 2.75) is 84.2 Å². The van der Waals surface area contributed by atoms with E-state index in [0.29, 0.717) is 0 Å². The summed E-state index contributed by atoms with van der Waals surface area (Å²) in [6.07, 6.45) is 11.0. The van der Waals surface area contributed by atoms with Crippen molar-refractivity contribution in [1.82, 2.24) is 10.2 Å². The van der Waals surface area contributed by atoms with Crippen LogP contribution >= 0.6 is 0 Å². The first-order valence-electron chi connectivity index (χ1n) is 8.25. The van der Waals surface area contributed by atoms with Gasteiger partial charge in [-0.1, -0.05) is 39.5 Å². The molecule has 0 amide bonds. The quantitative estimate of drug-likeness (QED) is 0.673. The van der Waals surface area contributed by atoms with Gasteiger partial charge in [-0.3, -0.25) is 4.90 Å². The highest BCUT2D eigenvalue weighted by Crippen LogP contribution is 2.17. The van der Waals surface area contributed by atoms with Crippen molar-refractivity contribution >= 4 is 0 Å². The van der Waals surface area contributed by atoms with Crippen molar-refractivity contribution in [3.8, 4) is 0 Å². The number of nitrogens with zero attached hydrogens (tertiary/aromatic N) is 1. The summed E-state index contributed by atoms with van der Waals surface area (Å²) in [5, 5.41) is 3.77. The predicted octanol–water partition coefficient (Wildman–Crippen LogP) is 3.81. The first-order valence-corrected chi connectivity index (χ1v) is 8.25. The van der Waals surface area contributed by atoms with Crippen LogP contribution in [0, 0.1) is 0 Å². The lowest BCUT2D eigenvalue weighted by Gasteiger charge is -2.30. The summed E-state index contributed by atoms with van der Waals surface area (Å²) in [4.78, 5) is 2.67. The van der Waals surface area contributed by atoms with Crippen LogP contribution in [0.3, 0.4) is 0 Å². The molecular weight excluding hydrogens is 220 g/mol. The maximum absolute atomic E-state index is 3.77. The van der Waals surface area contributed by atoms with E-state index in [2.05, 4.69) is 31.0 Å². The lowest BCUT2D eigenvalue weighted by Crippen LogP contribution is -2.41. The van der Waals surface area contributed by atoms with E-state index in [9.17, 15) is 0 Å².